The molecule has 2 fully saturated rings. The fraction of sp³-hybridized carbons (Fsp3) is 0.529. The molecule has 0 atom stereocenters. The zero-order chi connectivity index (χ0) is 16.4. The van der Waals surface area contributed by atoms with Gasteiger partial charge in [-0.3, -0.25) is 9.59 Å². The third-order valence-corrected chi connectivity index (χ3v) is 5.56. The van der Waals surface area contributed by atoms with Crippen LogP contribution in [0, 0.1) is 5.92 Å². The van der Waals surface area contributed by atoms with Crippen LogP contribution in [0.3, 0.4) is 0 Å². The monoisotopic (exact) mass is 398 g/mol. The Morgan fingerprint density at radius 3 is 2.30 bits per heavy atom. The minimum Gasteiger partial charge on any atom is -0.339 e. The van der Waals surface area contributed by atoms with Gasteiger partial charge in [-0.05, 0) is 31.0 Å². The van der Waals surface area contributed by atoms with Crippen LogP contribution in [0.4, 0.5) is 0 Å². The smallest absolute Gasteiger partial charge is 0.255 e. The Kier molecular flexibility index (Phi) is 5.27. The molecule has 0 radical (unpaired) electrons. The summed E-state index contributed by atoms with van der Waals surface area (Å²) < 4.78 is 0.834. The first-order valence-electron chi connectivity index (χ1n) is 8.09. The number of halogens is 2. The molecule has 1 aliphatic heterocycles. The van der Waals surface area contributed by atoms with Crippen LogP contribution >= 0.6 is 27.5 Å². The van der Waals surface area contributed by atoms with Gasteiger partial charge in [0.25, 0.3) is 5.91 Å². The second kappa shape index (κ2) is 7.22. The molecular weight excluding hydrogens is 380 g/mol. The summed E-state index contributed by atoms with van der Waals surface area (Å²) in [4.78, 5) is 28.8. The Labute approximate surface area is 149 Å². The summed E-state index contributed by atoms with van der Waals surface area (Å²) in [6.07, 6.45) is 4.36. The van der Waals surface area contributed by atoms with Crippen LogP contribution in [0.2, 0.25) is 5.02 Å². The highest BCUT2D eigenvalue weighted by molar-refractivity contribution is 9.10. The number of carbonyl (C=O) groups excluding carboxylic acids is 2. The first kappa shape index (κ1) is 16.8. The van der Waals surface area contributed by atoms with Crippen molar-refractivity contribution in [2.75, 3.05) is 26.2 Å². The maximum absolute atomic E-state index is 12.6. The van der Waals surface area contributed by atoms with E-state index in [1.54, 1.807) is 17.0 Å². The largest absolute Gasteiger partial charge is 0.339 e. The van der Waals surface area contributed by atoms with Crippen molar-refractivity contribution in [3.8, 4) is 0 Å². The fourth-order valence-corrected chi connectivity index (χ4v) is 3.95. The number of hydrogen-bond donors (Lipinski definition) is 0. The first-order valence-corrected chi connectivity index (χ1v) is 9.26. The summed E-state index contributed by atoms with van der Waals surface area (Å²) >= 11 is 9.52. The van der Waals surface area contributed by atoms with Crippen LogP contribution in [-0.4, -0.2) is 47.8 Å². The Morgan fingerprint density at radius 1 is 1.04 bits per heavy atom. The molecule has 2 amide bonds. The van der Waals surface area contributed by atoms with E-state index in [0.29, 0.717) is 36.8 Å². The topological polar surface area (TPSA) is 40.6 Å². The van der Waals surface area contributed by atoms with Crippen molar-refractivity contribution in [2.24, 2.45) is 5.92 Å². The molecule has 1 saturated carbocycles. The highest BCUT2D eigenvalue weighted by atomic mass is 79.9. The first-order chi connectivity index (χ1) is 11.1. The van der Waals surface area contributed by atoms with E-state index >= 15 is 0 Å². The van der Waals surface area contributed by atoms with E-state index in [9.17, 15) is 9.59 Å². The van der Waals surface area contributed by atoms with E-state index in [0.717, 1.165) is 30.2 Å². The number of nitrogens with zero attached hydrogens (tertiary/aromatic N) is 2. The standard InChI is InChI=1S/C17H20BrClN2O2/c18-13-5-6-15(19)14(11-13)17(23)21-9-7-20(8-10-21)16(22)12-3-1-2-4-12/h5-6,11-12H,1-4,7-10H2. The quantitative estimate of drug-likeness (QED) is 0.763. The van der Waals surface area contributed by atoms with Gasteiger partial charge in [-0.2, -0.15) is 0 Å². The van der Waals surface area contributed by atoms with Crippen molar-refractivity contribution in [2.45, 2.75) is 25.7 Å². The lowest BCUT2D eigenvalue weighted by molar-refractivity contribution is -0.136. The van der Waals surface area contributed by atoms with Crippen molar-refractivity contribution < 1.29 is 9.59 Å². The third-order valence-electron chi connectivity index (χ3n) is 4.74. The molecule has 1 aromatic carbocycles. The Bertz CT molecular complexity index is 609. The molecule has 3 rings (SSSR count). The van der Waals surface area contributed by atoms with Gasteiger partial charge < -0.3 is 9.80 Å². The van der Waals surface area contributed by atoms with E-state index in [2.05, 4.69) is 15.9 Å². The van der Waals surface area contributed by atoms with Crippen LogP contribution in [0.25, 0.3) is 0 Å². The highest BCUT2D eigenvalue weighted by Gasteiger charge is 2.31. The number of hydrogen-bond acceptors (Lipinski definition) is 2. The van der Waals surface area contributed by atoms with Crippen LogP contribution in [0.5, 0.6) is 0 Å². The van der Waals surface area contributed by atoms with Gasteiger partial charge in [-0.1, -0.05) is 40.4 Å². The molecule has 124 valence electrons. The molecule has 1 saturated heterocycles. The molecule has 1 aromatic rings. The zero-order valence-corrected chi connectivity index (χ0v) is 15.3. The molecule has 2 aliphatic rings. The van der Waals surface area contributed by atoms with E-state index in [1.165, 1.54) is 0 Å². The van der Waals surface area contributed by atoms with E-state index in [1.807, 2.05) is 11.0 Å². The molecule has 0 bridgehead atoms. The predicted molar refractivity (Wildman–Crippen MR) is 93.6 cm³/mol. The second-order valence-electron chi connectivity index (χ2n) is 6.22. The molecule has 0 N–H and O–H groups in total. The van der Waals surface area contributed by atoms with E-state index in [-0.39, 0.29) is 17.7 Å². The zero-order valence-electron chi connectivity index (χ0n) is 12.9. The highest BCUT2D eigenvalue weighted by Crippen LogP contribution is 2.27. The second-order valence-corrected chi connectivity index (χ2v) is 7.55. The average Bonchev–Trinajstić information content (AvgIpc) is 3.10. The molecular formula is C17H20BrClN2O2. The molecule has 4 nitrogen and oxygen atoms in total. The summed E-state index contributed by atoms with van der Waals surface area (Å²) in [6.45, 7) is 2.37. The van der Waals surface area contributed by atoms with Crippen LogP contribution < -0.4 is 0 Å². The maximum atomic E-state index is 12.6. The lowest BCUT2D eigenvalue weighted by atomic mass is 10.1. The van der Waals surface area contributed by atoms with Gasteiger partial charge in [0.05, 0.1) is 10.6 Å². The van der Waals surface area contributed by atoms with Crippen molar-refractivity contribution >= 4 is 39.3 Å². The van der Waals surface area contributed by atoms with E-state index < -0.39 is 0 Å². The van der Waals surface area contributed by atoms with Crippen LogP contribution in [-0.2, 0) is 4.79 Å². The molecule has 1 aliphatic carbocycles. The number of piperazine rings is 1. The number of benzene rings is 1. The van der Waals surface area contributed by atoms with Gasteiger partial charge in [0.15, 0.2) is 0 Å². The van der Waals surface area contributed by atoms with Gasteiger partial charge >= 0.3 is 0 Å². The SMILES string of the molecule is O=C(c1cc(Br)ccc1Cl)N1CCN(C(=O)C2CCCC2)CC1. The average molecular weight is 400 g/mol. The Balaban J connectivity index is 1.61. The van der Waals surface area contributed by atoms with Crippen molar-refractivity contribution in [3.63, 3.8) is 0 Å². The Hall–Kier alpha value is -1.07. The number of rotatable bonds is 2. The lowest BCUT2D eigenvalue weighted by Gasteiger charge is -2.36. The summed E-state index contributed by atoms with van der Waals surface area (Å²) in [5, 5.41) is 0.461. The third kappa shape index (κ3) is 3.72. The van der Waals surface area contributed by atoms with Crippen LogP contribution in [0.15, 0.2) is 22.7 Å². The normalized spacial score (nSPS) is 19.2. The molecule has 0 aromatic heterocycles. The summed E-state index contributed by atoms with van der Waals surface area (Å²) in [5.41, 5.74) is 0.511. The molecule has 23 heavy (non-hydrogen) atoms. The fourth-order valence-electron chi connectivity index (χ4n) is 3.39. The molecule has 1 heterocycles. The van der Waals surface area contributed by atoms with Crippen LogP contribution in [0.1, 0.15) is 36.0 Å². The number of carbonyl (C=O) groups is 2. The van der Waals surface area contributed by atoms with Gasteiger partial charge in [0.1, 0.15) is 0 Å². The molecule has 0 unspecified atom stereocenters. The predicted octanol–water partition coefficient (Wildman–Crippen LogP) is 3.58. The Morgan fingerprint density at radius 2 is 1.65 bits per heavy atom. The molecule has 0 spiro atoms. The van der Waals surface area contributed by atoms with Crippen molar-refractivity contribution in [1.82, 2.24) is 9.80 Å². The molecule has 6 heteroatoms. The summed E-state index contributed by atoms with van der Waals surface area (Å²) in [6, 6.07) is 5.29. The van der Waals surface area contributed by atoms with E-state index in [4.69, 9.17) is 11.6 Å². The lowest BCUT2D eigenvalue weighted by Crippen LogP contribution is -2.51. The van der Waals surface area contributed by atoms with Gasteiger partial charge in [-0.15, -0.1) is 0 Å². The van der Waals surface area contributed by atoms with Gasteiger partial charge in [-0.25, -0.2) is 0 Å². The number of amides is 2. The van der Waals surface area contributed by atoms with Crippen molar-refractivity contribution in [1.29, 1.82) is 0 Å². The van der Waals surface area contributed by atoms with Gasteiger partial charge in [0, 0.05) is 36.6 Å². The van der Waals surface area contributed by atoms with Gasteiger partial charge in [0.2, 0.25) is 5.91 Å². The van der Waals surface area contributed by atoms with Crippen molar-refractivity contribution in [3.05, 3.63) is 33.3 Å². The minimum atomic E-state index is -0.0655. The summed E-state index contributed by atoms with van der Waals surface area (Å²) in [5.74, 6) is 0.413. The summed E-state index contributed by atoms with van der Waals surface area (Å²) in [7, 11) is 0. The maximum Gasteiger partial charge on any atom is 0.255 e. The minimum absolute atomic E-state index is 0.0655.